The first-order chi connectivity index (χ1) is 14.5. The number of amides is 1. The molecule has 1 N–H and O–H groups in total. The molecule has 1 aliphatic heterocycles. The van der Waals surface area contributed by atoms with E-state index in [0.717, 1.165) is 49.5 Å². The molecule has 1 aliphatic rings. The number of hydrogen-bond acceptors (Lipinski definition) is 6. The fraction of sp³-hybridized carbons (Fsp3) is 0.348. The number of carbonyl (C=O) groups is 1. The van der Waals surface area contributed by atoms with Gasteiger partial charge in [-0.25, -0.2) is 0 Å². The number of rotatable bonds is 5. The molecule has 0 spiro atoms. The van der Waals surface area contributed by atoms with Crippen molar-refractivity contribution in [1.82, 2.24) is 15.0 Å². The molecule has 7 nitrogen and oxygen atoms in total. The quantitative estimate of drug-likeness (QED) is 0.697. The zero-order chi connectivity index (χ0) is 21.1. The maximum Gasteiger partial charge on any atom is 0.257 e. The molecular weight excluding hydrogens is 378 g/mol. The third-order valence-electron chi connectivity index (χ3n) is 5.56. The Hall–Kier alpha value is -3.19. The van der Waals surface area contributed by atoms with Gasteiger partial charge >= 0.3 is 0 Å². The van der Waals surface area contributed by atoms with E-state index < -0.39 is 0 Å². The number of nitrogens with zero attached hydrogens (tertiary/aromatic N) is 4. The first-order valence-electron chi connectivity index (χ1n) is 10.3. The number of aryl methyl sites for hydroxylation is 2. The summed E-state index contributed by atoms with van der Waals surface area (Å²) in [4.78, 5) is 21.8. The SMILES string of the molecule is CCN1CCN(c2ccc(NC(=O)c3ccc(-c4nc(C)no4)cc3)c(C)c2)CC1. The summed E-state index contributed by atoms with van der Waals surface area (Å²) >= 11 is 0. The molecule has 0 saturated carbocycles. The van der Waals surface area contributed by atoms with E-state index in [0.29, 0.717) is 17.3 Å². The van der Waals surface area contributed by atoms with Crippen LogP contribution in [-0.4, -0.2) is 53.7 Å². The zero-order valence-electron chi connectivity index (χ0n) is 17.7. The average molecular weight is 406 g/mol. The first-order valence-corrected chi connectivity index (χ1v) is 10.3. The fourth-order valence-corrected chi connectivity index (χ4v) is 3.68. The molecule has 1 fully saturated rings. The molecule has 1 saturated heterocycles. The minimum atomic E-state index is -0.143. The molecule has 2 aromatic carbocycles. The van der Waals surface area contributed by atoms with Gasteiger partial charge in [0.25, 0.3) is 11.8 Å². The van der Waals surface area contributed by atoms with Crippen LogP contribution in [0.25, 0.3) is 11.5 Å². The predicted octanol–water partition coefficient (Wildman–Crippen LogP) is 3.75. The Morgan fingerprint density at radius 1 is 1.07 bits per heavy atom. The van der Waals surface area contributed by atoms with Crippen molar-refractivity contribution in [3.63, 3.8) is 0 Å². The Morgan fingerprint density at radius 3 is 2.40 bits per heavy atom. The summed E-state index contributed by atoms with van der Waals surface area (Å²) in [7, 11) is 0. The Bertz CT molecular complexity index is 1020. The van der Waals surface area contributed by atoms with Crippen molar-refractivity contribution in [2.45, 2.75) is 20.8 Å². The molecule has 1 amide bonds. The number of anilines is 2. The van der Waals surface area contributed by atoms with Crippen LogP contribution < -0.4 is 10.2 Å². The Labute approximate surface area is 176 Å². The largest absolute Gasteiger partial charge is 0.369 e. The molecule has 0 aliphatic carbocycles. The Kier molecular flexibility index (Phi) is 5.81. The summed E-state index contributed by atoms with van der Waals surface area (Å²) in [5.41, 5.74) is 4.45. The Balaban J connectivity index is 1.42. The lowest BCUT2D eigenvalue weighted by molar-refractivity contribution is 0.102. The summed E-state index contributed by atoms with van der Waals surface area (Å²) in [6, 6.07) is 13.4. The van der Waals surface area contributed by atoms with Gasteiger partial charge in [0, 0.05) is 48.7 Å². The van der Waals surface area contributed by atoms with Crippen LogP contribution in [0, 0.1) is 13.8 Å². The molecule has 1 aromatic heterocycles. The molecular formula is C23H27N5O2. The number of likely N-dealkylation sites (N-methyl/N-ethyl adjacent to an activating group) is 1. The predicted molar refractivity (Wildman–Crippen MR) is 118 cm³/mol. The molecule has 2 heterocycles. The van der Waals surface area contributed by atoms with Crippen LogP contribution in [0.5, 0.6) is 0 Å². The first kappa shape index (κ1) is 20.1. The lowest BCUT2D eigenvalue weighted by atomic mass is 10.1. The normalized spacial score (nSPS) is 14.7. The molecule has 0 unspecified atom stereocenters. The van der Waals surface area contributed by atoms with E-state index in [1.165, 1.54) is 5.69 Å². The number of benzene rings is 2. The van der Waals surface area contributed by atoms with E-state index in [4.69, 9.17) is 4.52 Å². The van der Waals surface area contributed by atoms with Gasteiger partial charge in [-0.3, -0.25) is 4.79 Å². The summed E-state index contributed by atoms with van der Waals surface area (Å²) < 4.78 is 5.17. The number of nitrogens with one attached hydrogen (secondary N) is 1. The Morgan fingerprint density at radius 2 is 1.80 bits per heavy atom. The lowest BCUT2D eigenvalue weighted by Crippen LogP contribution is -2.46. The van der Waals surface area contributed by atoms with Crippen molar-refractivity contribution in [3.8, 4) is 11.5 Å². The van der Waals surface area contributed by atoms with Gasteiger partial charge in [-0.1, -0.05) is 12.1 Å². The third kappa shape index (κ3) is 4.36. The van der Waals surface area contributed by atoms with Crippen LogP contribution in [0.2, 0.25) is 0 Å². The van der Waals surface area contributed by atoms with Crippen LogP contribution >= 0.6 is 0 Å². The van der Waals surface area contributed by atoms with E-state index in [2.05, 4.69) is 44.3 Å². The lowest BCUT2D eigenvalue weighted by Gasteiger charge is -2.35. The van der Waals surface area contributed by atoms with Crippen LogP contribution in [-0.2, 0) is 0 Å². The molecule has 4 rings (SSSR count). The fourth-order valence-electron chi connectivity index (χ4n) is 3.68. The van der Waals surface area contributed by atoms with Crippen molar-refractivity contribution >= 4 is 17.3 Å². The third-order valence-corrected chi connectivity index (χ3v) is 5.56. The summed E-state index contributed by atoms with van der Waals surface area (Å²) in [6.07, 6.45) is 0. The van der Waals surface area contributed by atoms with E-state index >= 15 is 0 Å². The maximum absolute atomic E-state index is 12.7. The van der Waals surface area contributed by atoms with Gasteiger partial charge < -0.3 is 19.6 Å². The smallest absolute Gasteiger partial charge is 0.257 e. The van der Waals surface area contributed by atoms with E-state index in [9.17, 15) is 4.79 Å². The van der Waals surface area contributed by atoms with Gasteiger partial charge in [0.1, 0.15) is 0 Å². The molecule has 3 aromatic rings. The highest BCUT2D eigenvalue weighted by Crippen LogP contribution is 2.25. The number of piperazine rings is 1. The van der Waals surface area contributed by atoms with Crippen LogP contribution in [0.1, 0.15) is 28.7 Å². The highest BCUT2D eigenvalue weighted by molar-refractivity contribution is 6.04. The number of carbonyl (C=O) groups excluding carboxylic acids is 1. The van der Waals surface area contributed by atoms with Gasteiger partial charge in [-0.15, -0.1) is 0 Å². The van der Waals surface area contributed by atoms with E-state index in [-0.39, 0.29) is 5.91 Å². The second-order valence-corrected chi connectivity index (χ2v) is 7.60. The summed E-state index contributed by atoms with van der Waals surface area (Å²) in [6.45, 7) is 11.4. The second-order valence-electron chi connectivity index (χ2n) is 7.60. The second kappa shape index (κ2) is 8.67. The van der Waals surface area contributed by atoms with Crippen molar-refractivity contribution < 1.29 is 9.32 Å². The van der Waals surface area contributed by atoms with Crippen molar-refractivity contribution in [1.29, 1.82) is 0 Å². The topological polar surface area (TPSA) is 74.5 Å². The van der Waals surface area contributed by atoms with Crippen molar-refractivity contribution in [3.05, 3.63) is 59.4 Å². The molecule has 30 heavy (non-hydrogen) atoms. The molecule has 0 bridgehead atoms. The molecule has 7 heteroatoms. The average Bonchev–Trinajstić information content (AvgIpc) is 3.21. The van der Waals surface area contributed by atoms with Gasteiger partial charge in [0.15, 0.2) is 5.82 Å². The van der Waals surface area contributed by atoms with Crippen LogP contribution in [0.3, 0.4) is 0 Å². The monoisotopic (exact) mass is 405 g/mol. The van der Waals surface area contributed by atoms with Gasteiger partial charge in [-0.2, -0.15) is 4.98 Å². The number of aromatic nitrogens is 2. The highest BCUT2D eigenvalue weighted by atomic mass is 16.5. The van der Waals surface area contributed by atoms with Gasteiger partial charge in [0.2, 0.25) is 0 Å². The van der Waals surface area contributed by atoms with Crippen molar-refractivity contribution in [2.75, 3.05) is 42.9 Å². The van der Waals surface area contributed by atoms with E-state index in [1.54, 1.807) is 19.1 Å². The van der Waals surface area contributed by atoms with Crippen LogP contribution in [0.15, 0.2) is 47.0 Å². The zero-order valence-corrected chi connectivity index (χ0v) is 17.7. The van der Waals surface area contributed by atoms with E-state index in [1.807, 2.05) is 25.1 Å². The maximum atomic E-state index is 12.7. The molecule has 156 valence electrons. The standard InChI is InChI=1S/C23H27N5O2/c1-4-27-11-13-28(14-12-27)20-9-10-21(16(2)15-20)25-22(29)18-5-7-19(8-6-18)23-24-17(3)26-30-23/h5-10,15H,4,11-14H2,1-3H3,(H,25,29). The number of hydrogen-bond donors (Lipinski definition) is 1. The molecule has 0 radical (unpaired) electrons. The minimum Gasteiger partial charge on any atom is -0.369 e. The minimum absolute atomic E-state index is 0.143. The summed E-state index contributed by atoms with van der Waals surface area (Å²) in [5, 5.41) is 6.81. The van der Waals surface area contributed by atoms with Crippen molar-refractivity contribution in [2.24, 2.45) is 0 Å². The highest BCUT2D eigenvalue weighted by Gasteiger charge is 2.17. The van der Waals surface area contributed by atoms with Gasteiger partial charge in [-0.05, 0) is 68.4 Å². The molecule has 0 atom stereocenters. The van der Waals surface area contributed by atoms with Gasteiger partial charge in [0.05, 0.1) is 0 Å². The van der Waals surface area contributed by atoms with Crippen LogP contribution in [0.4, 0.5) is 11.4 Å². The summed E-state index contributed by atoms with van der Waals surface area (Å²) in [5.74, 6) is 0.888.